The van der Waals surface area contributed by atoms with Crippen molar-refractivity contribution >= 4 is 5.91 Å². The Morgan fingerprint density at radius 1 is 1.34 bits per heavy atom. The lowest BCUT2D eigenvalue weighted by Crippen LogP contribution is -2.41. The smallest absolute Gasteiger partial charge is 0.230 e. The van der Waals surface area contributed by atoms with Crippen LogP contribution in [0.15, 0.2) is 24.4 Å². The summed E-state index contributed by atoms with van der Waals surface area (Å²) in [5, 5.41) is 3.35. The lowest BCUT2D eigenvalue weighted by atomic mass is 9.95. The molecule has 3 aliphatic heterocycles. The molecule has 1 aromatic carbocycles. The second-order valence-corrected chi connectivity index (χ2v) is 7.98. The maximum Gasteiger partial charge on any atom is 0.230 e. The molecule has 7 heteroatoms. The number of likely N-dealkylation sites (tertiary alicyclic amines) is 1. The van der Waals surface area contributed by atoms with E-state index in [0.29, 0.717) is 13.0 Å². The van der Waals surface area contributed by atoms with E-state index >= 15 is 0 Å². The minimum Gasteiger partial charge on any atom is -0.493 e. The molecule has 0 aliphatic carbocycles. The Morgan fingerprint density at radius 3 is 3.17 bits per heavy atom. The van der Waals surface area contributed by atoms with Crippen molar-refractivity contribution in [2.24, 2.45) is 5.92 Å². The van der Waals surface area contributed by atoms with E-state index in [1.165, 1.54) is 5.56 Å². The third-order valence-corrected chi connectivity index (χ3v) is 6.19. The standard InChI is InChI=1S/C22H26N4O3/c1-28-19-6-2-4-14-10-15(13-29-20(14)19)22(27)26-9-3-5-18(26)21-24-12-16-11-23-8-7-17(16)25-21/h2,4,6,12,15,18,23H,3,5,7-11,13H2,1H3/t15-,18+/m0/s1. The first-order valence-corrected chi connectivity index (χ1v) is 10.4. The van der Waals surface area contributed by atoms with Crippen LogP contribution in [0.1, 0.15) is 41.5 Å². The minimum atomic E-state index is -0.183. The summed E-state index contributed by atoms with van der Waals surface area (Å²) in [7, 11) is 1.64. The van der Waals surface area contributed by atoms with Crippen LogP contribution in [0, 0.1) is 5.92 Å². The summed E-state index contributed by atoms with van der Waals surface area (Å²) in [5.41, 5.74) is 3.32. The topological polar surface area (TPSA) is 76.6 Å². The summed E-state index contributed by atoms with van der Waals surface area (Å²) in [6.45, 7) is 2.91. The van der Waals surface area contributed by atoms with Gasteiger partial charge in [-0.15, -0.1) is 0 Å². The van der Waals surface area contributed by atoms with Crippen molar-refractivity contribution < 1.29 is 14.3 Å². The maximum absolute atomic E-state index is 13.4. The van der Waals surface area contributed by atoms with Gasteiger partial charge in [0, 0.05) is 43.5 Å². The van der Waals surface area contributed by atoms with Crippen LogP contribution in [-0.2, 0) is 24.2 Å². The molecule has 1 aromatic heterocycles. The Hall–Kier alpha value is -2.67. The number of benzene rings is 1. The molecule has 0 saturated carbocycles. The van der Waals surface area contributed by atoms with Gasteiger partial charge in [-0.1, -0.05) is 12.1 Å². The first-order valence-electron chi connectivity index (χ1n) is 10.4. The maximum atomic E-state index is 13.4. The van der Waals surface area contributed by atoms with Gasteiger partial charge in [-0.2, -0.15) is 0 Å². The number of fused-ring (bicyclic) bond motifs is 2. The van der Waals surface area contributed by atoms with Gasteiger partial charge in [-0.3, -0.25) is 4.79 Å². The zero-order valence-electron chi connectivity index (χ0n) is 16.7. The van der Waals surface area contributed by atoms with Gasteiger partial charge in [0.1, 0.15) is 6.61 Å². The highest BCUT2D eigenvalue weighted by atomic mass is 16.5. The van der Waals surface area contributed by atoms with Gasteiger partial charge in [0.05, 0.1) is 19.1 Å². The van der Waals surface area contributed by atoms with Gasteiger partial charge in [0.15, 0.2) is 17.3 Å². The highest BCUT2D eigenvalue weighted by Crippen LogP contribution is 2.38. The van der Waals surface area contributed by atoms with E-state index in [9.17, 15) is 4.79 Å². The molecule has 0 unspecified atom stereocenters. The third kappa shape index (κ3) is 3.33. The molecule has 1 fully saturated rings. The number of para-hydroxylation sites is 1. The van der Waals surface area contributed by atoms with E-state index in [2.05, 4.69) is 10.3 Å². The first kappa shape index (κ1) is 18.4. The number of nitrogens with one attached hydrogen (secondary N) is 1. The zero-order chi connectivity index (χ0) is 19.8. The molecule has 2 aromatic rings. The van der Waals surface area contributed by atoms with E-state index in [1.54, 1.807) is 7.11 Å². The average molecular weight is 394 g/mol. The quantitative estimate of drug-likeness (QED) is 0.859. The highest BCUT2D eigenvalue weighted by Gasteiger charge is 2.38. The molecule has 0 spiro atoms. The van der Waals surface area contributed by atoms with Gasteiger partial charge in [-0.25, -0.2) is 9.97 Å². The van der Waals surface area contributed by atoms with Crippen molar-refractivity contribution in [2.75, 3.05) is 26.8 Å². The fourth-order valence-corrected chi connectivity index (χ4v) is 4.66. The molecule has 5 rings (SSSR count). The molecule has 1 N–H and O–H groups in total. The van der Waals surface area contributed by atoms with Crippen molar-refractivity contribution in [1.82, 2.24) is 20.2 Å². The number of nitrogens with zero attached hydrogens (tertiary/aromatic N) is 3. The number of aromatic nitrogens is 2. The number of ether oxygens (including phenoxy) is 2. The molecule has 7 nitrogen and oxygen atoms in total. The number of methoxy groups -OCH3 is 1. The average Bonchev–Trinajstić information content (AvgIpc) is 3.27. The van der Waals surface area contributed by atoms with Gasteiger partial charge in [0.2, 0.25) is 5.91 Å². The summed E-state index contributed by atoms with van der Waals surface area (Å²) in [4.78, 5) is 24.8. The predicted molar refractivity (Wildman–Crippen MR) is 107 cm³/mol. The predicted octanol–water partition coefficient (Wildman–Crippen LogP) is 2.05. The second-order valence-electron chi connectivity index (χ2n) is 7.98. The van der Waals surface area contributed by atoms with Gasteiger partial charge in [0.25, 0.3) is 0 Å². The van der Waals surface area contributed by atoms with Crippen LogP contribution < -0.4 is 14.8 Å². The lowest BCUT2D eigenvalue weighted by Gasteiger charge is -2.31. The molecule has 3 aliphatic rings. The first-order chi connectivity index (χ1) is 14.2. The van der Waals surface area contributed by atoms with Crippen LogP contribution in [0.4, 0.5) is 0 Å². The molecule has 152 valence electrons. The van der Waals surface area contributed by atoms with Crippen molar-refractivity contribution in [3.8, 4) is 11.5 Å². The van der Waals surface area contributed by atoms with E-state index in [-0.39, 0.29) is 17.9 Å². The highest BCUT2D eigenvalue weighted by molar-refractivity contribution is 5.80. The monoisotopic (exact) mass is 394 g/mol. The van der Waals surface area contributed by atoms with Crippen LogP contribution in [0.5, 0.6) is 11.5 Å². The van der Waals surface area contributed by atoms with Crippen LogP contribution >= 0.6 is 0 Å². The minimum absolute atomic E-state index is 0.0330. The summed E-state index contributed by atoms with van der Waals surface area (Å²) in [5.74, 6) is 2.24. The number of carbonyl (C=O) groups excluding carboxylic acids is 1. The molecule has 1 amide bonds. The number of hydrogen-bond donors (Lipinski definition) is 1. The molecule has 0 bridgehead atoms. The summed E-state index contributed by atoms with van der Waals surface area (Å²) >= 11 is 0. The van der Waals surface area contributed by atoms with Gasteiger partial charge < -0.3 is 19.7 Å². The summed E-state index contributed by atoms with van der Waals surface area (Å²) in [6, 6.07) is 5.82. The SMILES string of the molecule is COc1cccc2c1OC[C@@H](C(=O)N1CCC[C@@H]1c1ncc3c(n1)CCNC3)C2. The molecular weight excluding hydrogens is 368 g/mol. The normalized spacial score (nSPS) is 23.1. The number of amides is 1. The second kappa shape index (κ2) is 7.63. The molecule has 2 atom stereocenters. The molecule has 0 radical (unpaired) electrons. The van der Waals surface area contributed by atoms with Crippen LogP contribution in [0.3, 0.4) is 0 Å². The van der Waals surface area contributed by atoms with Crippen molar-refractivity contribution in [3.63, 3.8) is 0 Å². The molecule has 1 saturated heterocycles. The van der Waals surface area contributed by atoms with Gasteiger partial charge in [-0.05, 0) is 30.9 Å². The van der Waals surface area contributed by atoms with Crippen molar-refractivity contribution in [2.45, 2.75) is 38.3 Å². The number of carbonyl (C=O) groups is 1. The van der Waals surface area contributed by atoms with E-state index in [1.807, 2.05) is 29.3 Å². The van der Waals surface area contributed by atoms with Crippen LogP contribution in [0.25, 0.3) is 0 Å². The summed E-state index contributed by atoms with van der Waals surface area (Å²) < 4.78 is 11.3. The molecule has 29 heavy (non-hydrogen) atoms. The van der Waals surface area contributed by atoms with Crippen LogP contribution in [0.2, 0.25) is 0 Å². The lowest BCUT2D eigenvalue weighted by molar-refractivity contribution is -0.138. The Morgan fingerprint density at radius 2 is 2.28 bits per heavy atom. The van der Waals surface area contributed by atoms with Crippen molar-refractivity contribution in [3.05, 3.63) is 47.0 Å². The van der Waals surface area contributed by atoms with E-state index in [4.69, 9.17) is 14.5 Å². The molecular formula is C22H26N4O3. The summed E-state index contributed by atoms with van der Waals surface area (Å²) in [6.07, 6.45) is 5.42. The van der Waals surface area contributed by atoms with E-state index < -0.39 is 0 Å². The Balaban J connectivity index is 1.35. The molecule has 4 heterocycles. The fraction of sp³-hybridized carbons (Fsp3) is 0.500. The van der Waals surface area contributed by atoms with E-state index in [0.717, 1.165) is 67.5 Å². The third-order valence-electron chi connectivity index (χ3n) is 6.19. The Kier molecular flexibility index (Phi) is 4.83. The number of rotatable bonds is 3. The van der Waals surface area contributed by atoms with Crippen LogP contribution in [-0.4, -0.2) is 47.6 Å². The number of hydrogen-bond acceptors (Lipinski definition) is 6. The zero-order valence-corrected chi connectivity index (χ0v) is 16.7. The largest absolute Gasteiger partial charge is 0.493 e. The Labute approximate surface area is 170 Å². The van der Waals surface area contributed by atoms with Gasteiger partial charge >= 0.3 is 0 Å². The Bertz CT molecular complexity index is 932. The van der Waals surface area contributed by atoms with Crippen molar-refractivity contribution in [1.29, 1.82) is 0 Å². The fourth-order valence-electron chi connectivity index (χ4n) is 4.66.